The van der Waals surface area contributed by atoms with Gasteiger partial charge in [0, 0.05) is 29.8 Å². The van der Waals surface area contributed by atoms with Crippen molar-refractivity contribution in [3.05, 3.63) is 29.1 Å². The van der Waals surface area contributed by atoms with Crippen LogP contribution in [0.2, 0.25) is 0 Å². The number of fused-ring (bicyclic) bond motifs is 1. The fraction of sp³-hybridized carbons (Fsp3) is 0.455. The molecule has 19 heteroatoms. The van der Waals surface area contributed by atoms with Crippen LogP contribution in [0.5, 0.6) is 0 Å². The predicted molar refractivity (Wildman–Crippen MR) is 144 cm³/mol. The van der Waals surface area contributed by atoms with Crippen LogP contribution in [0.3, 0.4) is 0 Å². The maximum Gasteiger partial charge on any atom is 0.352 e. The SMILES string of the molecule is Cc1n(CCO)c(N)c[n+]1CC1=C(C(=O)O)N2C(=O)[C@@H](NC(=O)/C(=N\OC(C)(C)C(=O)O)c3nsc(N)n3)[C@H]2SC1. The van der Waals surface area contributed by atoms with Crippen LogP contribution in [-0.2, 0) is 37.1 Å². The summed E-state index contributed by atoms with van der Waals surface area (Å²) >= 11 is 2.02. The van der Waals surface area contributed by atoms with E-state index in [2.05, 4.69) is 19.8 Å². The number of thioether (sulfide) groups is 1. The molecule has 2 amide bonds. The molecule has 2 aromatic heterocycles. The van der Waals surface area contributed by atoms with Crippen LogP contribution < -0.4 is 21.4 Å². The number of nitrogens with zero attached hydrogens (tertiary/aromatic N) is 6. The average molecular weight is 611 g/mol. The van der Waals surface area contributed by atoms with Gasteiger partial charge in [-0.15, -0.1) is 11.8 Å². The van der Waals surface area contributed by atoms with Crippen LogP contribution in [0, 0.1) is 6.92 Å². The highest BCUT2D eigenvalue weighted by Gasteiger charge is 2.54. The quantitative estimate of drug-likeness (QED) is 0.0705. The highest BCUT2D eigenvalue weighted by molar-refractivity contribution is 8.00. The molecule has 0 unspecified atom stereocenters. The lowest BCUT2D eigenvalue weighted by Crippen LogP contribution is -2.71. The van der Waals surface area contributed by atoms with E-state index in [4.69, 9.17) is 16.3 Å². The number of anilines is 2. The summed E-state index contributed by atoms with van der Waals surface area (Å²) in [6.45, 7) is 4.49. The fourth-order valence-electron chi connectivity index (χ4n) is 4.15. The number of β-lactam (4-membered cyclic amide) rings is 1. The zero-order chi connectivity index (χ0) is 30.2. The van der Waals surface area contributed by atoms with Gasteiger partial charge in [-0.2, -0.15) is 9.36 Å². The van der Waals surface area contributed by atoms with Gasteiger partial charge in [0.25, 0.3) is 17.6 Å². The van der Waals surface area contributed by atoms with E-state index >= 15 is 0 Å². The zero-order valence-corrected chi connectivity index (χ0v) is 23.7. The Bertz CT molecular complexity index is 1480. The topological polar surface area (TPSA) is 252 Å². The number of carbonyl (C=O) groups is 4. The Morgan fingerprint density at radius 1 is 1.32 bits per heavy atom. The summed E-state index contributed by atoms with van der Waals surface area (Å²) in [6.07, 6.45) is 1.63. The van der Waals surface area contributed by atoms with Crippen LogP contribution >= 0.6 is 23.3 Å². The van der Waals surface area contributed by atoms with Gasteiger partial charge in [0.1, 0.15) is 30.2 Å². The Balaban J connectivity index is 1.56. The molecule has 2 atom stereocenters. The van der Waals surface area contributed by atoms with Gasteiger partial charge in [-0.1, -0.05) is 5.16 Å². The number of carboxylic acids is 2. The van der Waals surface area contributed by atoms with Crippen molar-refractivity contribution in [2.24, 2.45) is 5.16 Å². The summed E-state index contributed by atoms with van der Waals surface area (Å²) < 4.78 is 7.34. The third kappa shape index (κ3) is 5.68. The lowest BCUT2D eigenvalue weighted by atomic mass is 10.0. The maximum atomic E-state index is 13.2. The molecule has 1 fully saturated rings. The summed E-state index contributed by atoms with van der Waals surface area (Å²) in [5.74, 6) is -3.18. The second-order valence-electron chi connectivity index (χ2n) is 9.53. The van der Waals surface area contributed by atoms with Gasteiger partial charge in [-0.25, -0.2) is 18.7 Å². The minimum atomic E-state index is -1.80. The van der Waals surface area contributed by atoms with E-state index in [1.54, 1.807) is 22.3 Å². The monoisotopic (exact) mass is 610 g/mol. The number of nitrogen functional groups attached to an aromatic ring is 2. The molecule has 0 aliphatic carbocycles. The maximum absolute atomic E-state index is 13.2. The highest BCUT2D eigenvalue weighted by atomic mass is 32.2. The number of carbonyl (C=O) groups excluding carboxylic acids is 2. The van der Waals surface area contributed by atoms with Crippen molar-refractivity contribution in [3.63, 3.8) is 0 Å². The first kappa shape index (κ1) is 29.7. The predicted octanol–water partition coefficient (Wildman–Crippen LogP) is -1.89. The number of hydrogen-bond acceptors (Lipinski definition) is 13. The Hall–Kier alpha value is -4.23. The first-order chi connectivity index (χ1) is 19.3. The van der Waals surface area contributed by atoms with Crippen molar-refractivity contribution >= 4 is 63.7 Å². The molecule has 1 saturated heterocycles. The van der Waals surface area contributed by atoms with E-state index in [9.17, 15) is 34.5 Å². The Kier molecular flexibility index (Phi) is 8.22. The van der Waals surface area contributed by atoms with Crippen LogP contribution in [0.4, 0.5) is 10.9 Å². The third-order valence-corrected chi connectivity index (χ3v) is 8.26. The number of oxime groups is 1. The van der Waals surface area contributed by atoms with E-state index in [0.29, 0.717) is 17.2 Å². The number of aliphatic carboxylic acids is 2. The number of amides is 2. The van der Waals surface area contributed by atoms with Crippen molar-refractivity contribution in [2.75, 3.05) is 23.8 Å². The Morgan fingerprint density at radius 2 is 2.02 bits per heavy atom. The number of hydrogen-bond donors (Lipinski definition) is 6. The van der Waals surface area contributed by atoms with Crippen molar-refractivity contribution < 1.29 is 43.9 Å². The van der Waals surface area contributed by atoms with Gasteiger partial charge in [-0.3, -0.25) is 14.5 Å². The van der Waals surface area contributed by atoms with Crippen molar-refractivity contribution in [3.8, 4) is 0 Å². The minimum Gasteiger partial charge on any atom is -0.478 e. The number of rotatable bonds is 11. The number of aromatic nitrogens is 4. The molecule has 8 N–H and O–H groups in total. The second kappa shape index (κ2) is 11.3. The van der Waals surface area contributed by atoms with Crippen LogP contribution in [0.15, 0.2) is 22.6 Å². The lowest BCUT2D eigenvalue weighted by molar-refractivity contribution is -0.694. The van der Waals surface area contributed by atoms with Gasteiger partial charge in [-0.05, 0) is 13.8 Å². The molecule has 2 aliphatic rings. The van der Waals surface area contributed by atoms with Crippen LogP contribution in [0.1, 0.15) is 25.5 Å². The largest absolute Gasteiger partial charge is 0.478 e. The van der Waals surface area contributed by atoms with Gasteiger partial charge in [0.05, 0.1) is 6.61 Å². The van der Waals surface area contributed by atoms with Crippen molar-refractivity contribution in [1.82, 2.24) is 24.1 Å². The van der Waals surface area contributed by atoms with Crippen molar-refractivity contribution in [2.45, 2.75) is 50.9 Å². The summed E-state index contributed by atoms with van der Waals surface area (Å²) in [6, 6.07) is -1.12. The number of nitrogens with one attached hydrogen (secondary N) is 1. The Morgan fingerprint density at radius 3 is 2.61 bits per heavy atom. The Labute approximate surface area is 240 Å². The molecular formula is C22H28N9O8S2+. The number of aliphatic hydroxyl groups is 1. The molecular weight excluding hydrogens is 582 g/mol. The molecule has 0 radical (unpaired) electrons. The summed E-state index contributed by atoms with van der Waals surface area (Å²) in [4.78, 5) is 60.1. The van der Waals surface area contributed by atoms with E-state index in [1.807, 2.05) is 0 Å². The smallest absolute Gasteiger partial charge is 0.352 e. The van der Waals surface area contributed by atoms with Gasteiger partial charge < -0.3 is 36.9 Å². The molecule has 17 nitrogen and oxygen atoms in total. The molecule has 0 aromatic carbocycles. The second-order valence-corrected chi connectivity index (χ2v) is 11.4. The molecule has 2 aliphatic heterocycles. The number of carboxylic acid groups (broad SMARTS) is 2. The lowest BCUT2D eigenvalue weighted by Gasteiger charge is -2.49. The normalized spacial score (nSPS) is 19.1. The zero-order valence-electron chi connectivity index (χ0n) is 22.1. The van der Waals surface area contributed by atoms with Gasteiger partial charge in [0.15, 0.2) is 11.3 Å². The molecule has 4 heterocycles. The standard InChI is InChI=1S/C22H27N9O8S2/c1-9-29(7-11(23)30(9)4-5-32)6-10-8-40-18-13(17(34)31(18)14(10)19(35)36)25-16(33)12(15-26-21(24)41-28-15)27-39-22(2,3)20(37)38/h7,13,18,32H,4-6,8,23H2,1-3H3,(H4-,24,25,26,28,33,35,36,37,38)/p+1/b27-12-/t13-,18-/m1/s1. The molecule has 41 heavy (non-hydrogen) atoms. The highest BCUT2D eigenvalue weighted by Crippen LogP contribution is 2.40. The van der Waals surface area contributed by atoms with Crippen LogP contribution in [-0.4, -0.2) is 93.0 Å². The van der Waals surface area contributed by atoms with Crippen LogP contribution in [0.25, 0.3) is 0 Å². The number of imidazole rings is 1. The summed E-state index contributed by atoms with van der Waals surface area (Å²) in [5, 5.41) is 34.0. The summed E-state index contributed by atoms with van der Waals surface area (Å²) in [5.41, 5.74) is 9.60. The van der Waals surface area contributed by atoms with E-state index in [0.717, 1.165) is 16.4 Å². The fourth-order valence-corrected chi connectivity index (χ4v) is 5.92. The summed E-state index contributed by atoms with van der Waals surface area (Å²) in [7, 11) is 0. The number of aliphatic hydroxyl groups excluding tert-OH is 1. The minimum absolute atomic E-state index is 0.0112. The number of nitrogens with two attached hydrogens (primary N) is 2. The first-order valence-corrected chi connectivity index (χ1v) is 13.8. The molecule has 0 saturated carbocycles. The van der Waals surface area contributed by atoms with E-state index in [1.165, 1.54) is 25.6 Å². The van der Waals surface area contributed by atoms with Gasteiger partial charge >= 0.3 is 11.9 Å². The van der Waals surface area contributed by atoms with E-state index in [-0.39, 0.29) is 42.1 Å². The molecule has 0 spiro atoms. The molecule has 0 bridgehead atoms. The first-order valence-electron chi connectivity index (χ1n) is 12.0. The molecule has 2 aromatic rings. The average Bonchev–Trinajstić information content (AvgIpc) is 3.44. The molecule has 220 valence electrons. The molecule has 4 rings (SSSR count). The van der Waals surface area contributed by atoms with Gasteiger partial charge in [0.2, 0.25) is 23.0 Å². The van der Waals surface area contributed by atoms with Crippen molar-refractivity contribution in [1.29, 1.82) is 0 Å². The van der Waals surface area contributed by atoms with E-state index < -0.39 is 46.5 Å². The third-order valence-electron chi connectivity index (χ3n) is 6.38.